The van der Waals surface area contributed by atoms with Crippen molar-refractivity contribution in [2.75, 3.05) is 20.3 Å². The van der Waals surface area contributed by atoms with Gasteiger partial charge >= 0.3 is 0 Å². The molecular weight excluding hydrogens is 160 g/mol. The van der Waals surface area contributed by atoms with Crippen LogP contribution in [0.25, 0.3) is 0 Å². The van der Waals surface area contributed by atoms with Crippen LogP contribution in [0.2, 0.25) is 0 Å². The van der Waals surface area contributed by atoms with Gasteiger partial charge in [-0.25, -0.2) is 0 Å². The van der Waals surface area contributed by atoms with Crippen LogP contribution >= 0.6 is 0 Å². The Labute approximate surface area is 80.4 Å². The molecule has 0 aliphatic carbocycles. The summed E-state index contributed by atoms with van der Waals surface area (Å²) in [7, 11) is 1.95. The van der Waals surface area contributed by atoms with E-state index in [1.165, 1.54) is 11.1 Å². The van der Waals surface area contributed by atoms with Crippen LogP contribution in [0.5, 0.6) is 0 Å². The molecule has 1 aromatic rings. The highest BCUT2D eigenvalue weighted by Crippen LogP contribution is 2.06. The quantitative estimate of drug-likeness (QED) is 0.524. The van der Waals surface area contributed by atoms with E-state index in [0.717, 1.165) is 19.6 Å². The predicted octanol–water partition coefficient (Wildman–Crippen LogP) is 1.30. The minimum Gasteiger partial charge on any atom is -0.308 e. The van der Waals surface area contributed by atoms with Crippen LogP contribution < -0.4 is 10.6 Å². The molecule has 0 radical (unpaired) electrons. The van der Waals surface area contributed by atoms with Crippen molar-refractivity contribution in [2.45, 2.75) is 13.3 Å². The number of nitrogens with one attached hydrogen (secondary N) is 2. The summed E-state index contributed by atoms with van der Waals surface area (Å²) < 4.78 is 0. The molecule has 0 atom stereocenters. The summed E-state index contributed by atoms with van der Waals surface area (Å²) in [4.78, 5) is 0. The van der Waals surface area contributed by atoms with E-state index in [0.29, 0.717) is 0 Å². The molecule has 1 aromatic carbocycles. The van der Waals surface area contributed by atoms with Gasteiger partial charge in [-0.15, -0.1) is 0 Å². The number of hydrogen-bond acceptors (Lipinski definition) is 2. The van der Waals surface area contributed by atoms with Gasteiger partial charge in [0.15, 0.2) is 0 Å². The molecule has 0 heterocycles. The van der Waals surface area contributed by atoms with Crippen molar-refractivity contribution in [3.63, 3.8) is 0 Å². The van der Waals surface area contributed by atoms with Gasteiger partial charge in [0.2, 0.25) is 0 Å². The Hall–Kier alpha value is -0.860. The molecule has 0 saturated carbocycles. The third-order valence-electron chi connectivity index (χ3n) is 2.13. The number of hydrogen-bond donors (Lipinski definition) is 2. The molecule has 0 bridgehead atoms. The van der Waals surface area contributed by atoms with E-state index in [1.54, 1.807) is 0 Å². The number of rotatable bonds is 5. The molecule has 0 fully saturated rings. The maximum atomic E-state index is 3.30. The average Bonchev–Trinajstić information content (AvgIpc) is 2.15. The molecule has 2 nitrogen and oxygen atoms in total. The van der Waals surface area contributed by atoms with Gasteiger partial charge in [-0.2, -0.15) is 0 Å². The Morgan fingerprint density at radius 2 is 2.00 bits per heavy atom. The molecule has 0 aromatic heterocycles. The molecule has 0 unspecified atom stereocenters. The fourth-order valence-electron chi connectivity index (χ4n) is 1.33. The maximum Gasteiger partial charge on any atom is 0.0451 e. The number of aryl methyl sites for hydroxylation is 1. The Kier molecular flexibility index (Phi) is 4.50. The molecule has 0 aliphatic rings. The molecular formula is C11H18N2. The van der Waals surface area contributed by atoms with E-state index in [-0.39, 0.29) is 0 Å². The second-order valence-corrected chi connectivity index (χ2v) is 3.21. The van der Waals surface area contributed by atoms with Gasteiger partial charge in [-0.05, 0) is 31.5 Å². The van der Waals surface area contributed by atoms with E-state index in [2.05, 4.69) is 41.8 Å². The summed E-state index contributed by atoms with van der Waals surface area (Å²) in [5.74, 6) is 0. The zero-order valence-corrected chi connectivity index (χ0v) is 8.43. The highest BCUT2D eigenvalue weighted by molar-refractivity contribution is 5.25. The van der Waals surface area contributed by atoms with E-state index in [1.807, 2.05) is 7.05 Å². The summed E-state index contributed by atoms with van der Waals surface area (Å²) in [5, 5.41) is 6.36. The molecule has 0 saturated heterocycles. The van der Waals surface area contributed by atoms with Gasteiger partial charge in [-0.3, -0.25) is 0 Å². The second-order valence-electron chi connectivity index (χ2n) is 3.21. The van der Waals surface area contributed by atoms with Crippen molar-refractivity contribution >= 4 is 0 Å². The second kappa shape index (κ2) is 5.73. The lowest BCUT2D eigenvalue weighted by atomic mass is 10.1. The fourth-order valence-corrected chi connectivity index (χ4v) is 1.33. The molecule has 1 rings (SSSR count). The average molecular weight is 178 g/mol. The van der Waals surface area contributed by atoms with Crippen LogP contribution in [0.4, 0.5) is 0 Å². The third kappa shape index (κ3) is 3.57. The zero-order chi connectivity index (χ0) is 9.52. The van der Waals surface area contributed by atoms with Crippen LogP contribution in [0, 0.1) is 6.92 Å². The topological polar surface area (TPSA) is 24.1 Å². The van der Waals surface area contributed by atoms with Crippen LogP contribution in [-0.2, 0) is 6.42 Å². The highest BCUT2D eigenvalue weighted by Gasteiger charge is 1.95. The molecule has 0 aliphatic heterocycles. The summed E-state index contributed by atoms with van der Waals surface area (Å²) in [6.45, 7) is 4.07. The summed E-state index contributed by atoms with van der Waals surface area (Å²) in [6, 6.07) is 8.53. The minimum atomic E-state index is 0.881. The monoisotopic (exact) mass is 178 g/mol. The summed E-state index contributed by atoms with van der Waals surface area (Å²) in [6.07, 6.45) is 1.11. The van der Waals surface area contributed by atoms with E-state index < -0.39 is 0 Å². The van der Waals surface area contributed by atoms with Gasteiger partial charge in [0.25, 0.3) is 0 Å². The van der Waals surface area contributed by atoms with Crippen LogP contribution in [0.15, 0.2) is 24.3 Å². The smallest absolute Gasteiger partial charge is 0.0451 e. The van der Waals surface area contributed by atoms with Crippen LogP contribution in [0.1, 0.15) is 11.1 Å². The van der Waals surface area contributed by atoms with Crippen LogP contribution in [0.3, 0.4) is 0 Å². The lowest BCUT2D eigenvalue weighted by Crippen LogP contribution is -2.27. The first-order chi connectivity index (χ1) is 6.34. The van der Waals surface area contributed by atoms with Crippen molar-refractivity contribution < 1.29 is 0 Å². The summed E-state index contributed by atoms with van der Waals surface area (Å²) >= 11 is 0. The SMILES string of the molecule is CNCNCCc1ccccc1C. The van der Waals surface area contributed by atoms with Crippen LogP contribution in [-0.4, -0.2) is 20.3 Å². The molecule has 2 N–H and O–H groups in total. The molecule has 2 heteroatoms. The first-order valence-electron chi connectivity index (χ1n) is 4.74. The summed E-state index contributed by atoms with van der Waals surface area (Å²) in [5.41, 5.74) is 2.82. The standard InChI is InChI=1S/C11H18N2/c1-10-5-3-4-6-11(10)7-8-13-9-12-2/h3-6,12-13H,7-9H2,1-2H3. The van der Waals surface area contributed by atoms with E-state index in [4.69, 9.17) is 0 Å². The zero-order valence-electron chi connectivity index (χ0n) is 8.43. The number of benzene rings is 1. The highest BCUT2D eigenvalue weighted by atomic mass is 15.0. The Morgan fingerprint density at radius 1 is 1.23 bits per heavy atom. The Bertz CT molecular complexity index is 246. The van der Waals surface area contributed by atoms with Crippen molar-refractivity contribution in [1.82, 2.24) is 10.6 Å². The van der Waals surface area contributed by atoms with Gasteiger partial charge < -0.3 is 10.6 Å². The van der Waals surface area contributed by atoms with Crippen molar-refractivity contribution in [3.8, 4) is 0 Å². The van der Waals surface area contributed by atoms with Gasteiger partial charge in [0.1, 0.15) is 0 Å². The fraction of sp³-hybridized carbons (Fsp3) is 0.455. The van der Waals surface area contributed by atoms with Crippen molar-refractivity contribution in [2.24, 2.45) is 0 Å². The Balaban J connectivity index is 2.32. The predicted molar refractivity (Wildman–Crippen MR) is 56.8 cm³/mol. The van der Waals surface area contributed by atoms with Gasteiger partial charge in [0.05, 0.1) is 0 Å². The maximum absolute atomic E-state index is 3.30. The Morgan fingerprint density at radius 3 is 2.69 bits per heavy atom. The lowest BCUT2D eigenvalue weighted by molar-refractivity contribution is 0.630. The van der Waals surface area contributed by atoms with Crippen molar-refractivity contribution in [3.05, 3.63) is 35.4 Å². The van der Waals surface area contributed by atoms with Gasteiger partial charge in [-0.1, -0.05) is 24.3 Å². The molecule has 0 amide bonds. The first kappa shape index (κ1) is 10.2. The largest absolute Gasteiger partial charge is 0.308 e. The first-order valence-corrected chi connectivity index (χ1v) is 4.74. The third-order valence-corrected chi connectivity index (χ3v) is 2.13. The van der Waals surface area contributed by atoms with Crippen molar-refractivity contribution in [1.29, 1.82) is 0 Å². The lowest BCUT2D eigenvalue weighted by Gasteiger charge is -2.06. The minimum absolute atomic E-state index is 0.881. The molecule has 13 heavy (non-hydrogen) atoms. The van der Waals surface area contributed by atoms with E-state index in [9.17, 15) is 0 Å². The molecule has 0 spiro atoms. The molecule has 72 valence electrons. The van der Waals surface area contributed by atoms with Gasteiger partial charge in [0, 0.05) is 13.2 Å². The normalized spacial score (nSPS) is 10.3. The van der Waals surface area contributed by atoms with E-state index >= 15 is 0 Å².